The first-order chi connectivity index (χ1) is 6.40. The lowest BCUT2D eigenvalue weighted by molar-refractivity contribution is -0.198. The zero-order valence-electron chi connectivity index (χ0n) is 7.54. The molecule has 1 unspecified atom stereocenters. The highest BCUT2D eigenvalue weighted by Crippen LogP contribution is 2.36. The first kappa shape index (κ1) is 11.1. The fourth-order valence-electron chi connectivity index (χ4n) is 1.47. The second-order valence-corrected chi connectivity index (χ2v) is 3.45. The van der Waals surface area contributed by atoms with E-state index in [4.69, 9.17) is 5.11 Å². The van der Waals surface area contributed by atoms with Crippen molar-refractivity contribution in [2.24, 2.45) is 0 Å². The Morgan fingerprint density at radius 1 is 1.43 bits per heavy atom. The summed E-state index contributed by atoms with van der Waals surface area (Å²) >= 11 is 0. The summed E-state index contributed by atoms with van der Waals surface area (Å²) < 4.78 is 26.2. The summed E-state index contributed by atoms with van der Waals surface area (Å²) in [5.74, 6) is -6.40. The summed E-state index contributed by atoms with van der Waals surface area (Å²) in [6.45, 7) is 0. The molecule has 0 aromatic rings. The van der Waals surface area contributed by atoms with Gasteiger partial charge in [0.05, 0.1) is 0 Å². The molecule has 80 valence electrons. The van der Waals surface area contributed by atoms with Crippen LogP contribution >= 0.6 is 0 Å². The fourth-order valence-corrected chi connectivity index (χ4v) is 1.47. The second-order valence-electron chi connectivity index (χ2n) is 3.45. The standard InChI is InChI=1S/C9H12F2O3/c10-9(11,7(12)13)8(14)5-3-1-2-4-6-8/h3,5,14H,1-2,4,6H2,(H,12,13). The van der Waals surface area contributed by atoms with E-state index >= 15 is 0 Å². The van der Waals surface area contributed by atoms with Gasteiger partial charge in [-0.2, -0.15) is 8.78 Å². The van der Waals surface area contributed by atoms with E-state index in [1.807, 2.05) is 0 Å². The molecule has 1 rings (SSSR count). The van der Waals surface area contributed by atoms with E-state index in [1.54, 1.807) is 0 Å². The highest BCUT2D eigenvalue weighted by atomic mass is 19.3. The molecule has 2 N–H and O–H groups in total. The number of rotatable bonds is 2. The Labute approximate surface area is 80.0 Å². The minimum Gasteiger partial charge on any atom is -0.477 e. The maximum atomic E-state index is 13.1. The van der Waals surface area contributed by atoms with E-state index < -0.39 is 17.5 Å². The van der Waals surface area contributed by atoms with Crippen LogP contribution < -0.4 is 0 Å². The average Bonchev–Trinajstić information content (AvgIpc) is 2.30. The largest absolute Gasteiger partial charge is 0.477 e. The maximum Gasteiger partial charge on any atom is 0.378 e. The van der Waals surface area contributed by atoms with Gasteiger partial charge in [-0.15, -0.1) is 0 Å². The molecule has 0 fully saturated rings. The molecule has 0 heterocycles. The quantitative estimate of drug-likeness (QED) is 0.674. The fraction of sp³-hybridized carbons (Fsp3) is 0.667. The van der Waals surface area contributed by atoms with Gasteiger partial charge in [0.1, 0.15) is 0 Å². The second kappa shape index (κ2) is 3.65. The average molecular weight is 206 g/mol. The summed E-state index contributed by atoms with van der Waals surface area (Å²) in [5, 5.41) is 17.8. The van der Waals surface area contributed by atoms with Crippen molar-refractivity contribution < 1.29 is 23.8 Å². The van der Waals surface area contributed by atoms with E-state index in [-0.39, 0.29) is 6.42 Å². The summed E-state index contributed by atoms with van der Waals surface area (Å²) in [6, 6.07) is 0. The molecular weight excluding hydrogens is 194 g/mol. The molecule has 0 spiro atoms. The minimum absolute atomic E-state index is 0.219. The lowest BCUT2D eigenvalue weighted by Gasteiger charge is -2.29. The molecule has 5 heteroatoms. The Morgan fingerprint density at radius 2 is 2.07 bits per heavy atom. The van der Waals surface area contributed by atoms with Gasteiger partial charge in [-0.1, -0.05) is 12.2 Å². The lowest BCUT2D eigenvalue weighted by Crippen LogP contribution is -2.51. The van der Waals surface area contributed by atoms with Crippen LogP contribution in [-0.2, 0) is 4.79 Å². The van der Waals surface area contributed by atoms with Gasteiger partial charge in [-0.25, -0.2) is 4.79 Å². The van der Waals surface area contributed by atoms with E-state index in [2.05, 4.69) is 0 Å². The predicted molar refractivity (Wildman–Crippen MR) is 45.1 cm³/mol. The smallest absolute Gasteiger partial charge is 0.378 e. The van der Waals surface area contributed by atoms with Crippen LogP contribution in [0.5, 0.6) is 0 Å². The topological polar surface area (TPSA) is 57.5 Å². The monoisotopic (exact) mass is 206 g/mol. The Kier molecular flexibility index (Phi) is 2.89. The number of carboxylic acids is 1. The van der Waals surface area contributed by atoms with Gasteiger partial charge in [-0.3, -0.25) is 0 Å². The normalized spacial score (nSPS) is 28.5. The molecule has 0 amide bonds. The molecule has 0 aromatic carbocycles. The summed E-state index contributed by atoms with van der Waals surface area (Å²) in [7, 11) is 0. The third kappa shape index (κ3) is 1.77. The first-order valence-corrected chi connectivity index (χ1v) is 4.41. The van der Waals surface area contributed by atoms with Gasteiger partial charge in [0.2, 0.25) is 0 Å². The molecule has 1 atom stereocenters. The third-order valence-corrected chi connectivity index (χ3v) is 2.38. The number of aliphatic hydroxyl groups is 1. The van der Waals surface area contributed by atoms with Crippen LogP contribution in [0.1, 0.15) is 25.7 Å². The van der Waals surface area contributed by atoms with Crippen LogP contribution in [0.15, 0.2) is 12.2 Å². The zero-order chi connectivity index (χ0) is 10.8. The van der Waals surface area contributed by atoms with Crippen molar-refractivity contribution in [1.29, 1.82) is 0 Å². The Balaban J connectivity index is 2.96. The van der Waals surface area contributed by atoms with Gasteiger partial charge >= 0.3 is 11.9 Å². The number of hydrogen-bond acceptors (Lipinski definition) is 2. The van der Waals surface area contributed by atoms with Crippen LogP contribution in [-0.4, -0.2) is 27.7 Å². The number of alkyl halides is 2. The molecule has 0 saturated heterocycles. The molecule has 14 heavy (non-hydrogen) atoms. The number of allylic oxidation sites excluding steroid dienone is 1. The minimum atomic E-state index is -4.12. The van der Waals surface area contributed by atoms with Gasteiger partial charge < -0.3 is 10.2 Å². The van der Waals surface area contributed by atoms with Gasteiger partial charge in [0, 0.05) is 0 Å². The lowest BCUT2D eigenvalue weighted by atomic mass is 9.90. The molecule has 3 nitrogen and oxygen atoms in total. The van der Waals surface area contributed by atoms with Crippen LogP contribution in [0, 0.1) is 0 Å². The number of aliphatic carboxylic acids is 1. The molecular formula is C9H12F2O3. The summed E-state index contributed by atoms with van der Waals surface area (Å²) in [5.41, 5.74) is -2.53. The zero-order valence-corrected chi connectivity index (χ0v) is 7.54. The summed E-state index contributed by atoms with van der Waals surface area (Å²) in [4.78, 5) is 10.3. The van der Waals surface area contributed by atoms with E-state index in [0.717, 1.165) is 6.08 Å². The molecule has 1 aliphatic rings. The van der Waals surface area contributed by atoms with E-state index in [9.17, 15) is 18.7 Å². The molecule has 1 aliphatic carbocycles. The molecule has 0 aromatic heterocycles. The summed E-state index contributed by atoms with van der Waals surface area (Å²) in [6.07, 6.45) is 3.78. The van der Waals surface area contributed by atoms with Crippen molar-refractivity contribution in [3.8, 4) is 0 Å². The van der Waals surface area contributed by atoms with Crippen molar-refractivity contribution in [3.05, 3.63) is 12.2 Å². The van der Waals surface area contributed by atoms with E-state index in [1.165, 1.54) is 6.08 Å². The van der Waals surface area contributed by atoms with Gasteiger partial charge in [0.25, 0.3) is 0 Å². The maximum absolute atomic E-state index is 13.1. The van der Waals surface area contributed by atoms with Crippen LogP contribution in [0.4, 0.5) is 8.78 Å². The number of hydrogen-bond donors (Lipinski definition) is 2. The van der Waals surface area contributed by atoms with Crippen LogP contribution in [0.25, 0.3) is 0 Å². The highest BCUT2D eigenvalue weighted by molar-refractivity contribution is 5.77. The van der Waals surface area contributed by atoms with Crippen LogP contribution in [0.3, 0.4) is 0 Å². The SMILES string of the molecule is O=C(O)C(F)(F)C1(O)C=CCCCC1. The van der Waals surface area contributed by atoms with Gasteiger partial charge in [0.15, 0.2) is 5.60 Å². The molecule has 0 radical (unpaired) electrons. The number of halogens is 2. The molecule has 0 saturated carbocycles. The van der Waals surface area contributed by atoms with Crippen LogP contribution in [0.2, 0.25) is 0 Å². The van der Waals surface area contributed by atoms with Gasteiger partial charge in [-0.05, 0) is 25.7 Å². The molecule has 0 aliphatic heterocycles. The first-order valence-electron chi connectivity index (χ1n) is 4.41. The Morgan fingerprint density at radius 3 is 2.64 bits per heavy atom. The van der Waals surface area contributed by atoms with Crippen molar-refractivity contribution >= 4 is 5.97 Å². The van der Waals surface area contributed by atoms with Crippen molar-refractivity contribution in [3.63, 3.8) is 0 Å². The predicted octanol–water partition coefficient (Wildman–Crippen LogP) is 1.57. The van der Waals surface area contributed by atoms with Crippen molar-refractivity contribution in [1.82, 2.24) is 0 Å². The Bertz CT molecular complexity index is 263. The third-order valence-electron chi connectivity index (χ3n) is 2.38. The number of carboxylic acid groups (broad SMARTS) is 1. The molecule has 0 bridgehead atoms. The van der Waals surface area contributed by atoms with Crippen molar-refractivity contribution in [2.75, 3.05) is 0 Å². The Hall–Kier alpha value is -0.970. The number of carbonyl (C=O) groups is 1. The van der Waals surface area contributed by atoms with Crippen molar-refractivity contribution in [2.45, 2.75) is 37.2 Å². The highest BCUT2D eigenvalue weighted by Gasteiger charge is 2.57. The van der Waals surface area contributed by atoms with E-state index in [0.29, 0.717) is 19.3 Å².